The molecule has 0 aliphatic carbocycles. The van der Waals surface area contributed by atoms with Crippen LogP contribution in [-0.4, -0.2) is 28.1 Å². The minimum atomic E-state index is -0.325. The lowest BCUT2D eigenvalue weighted by Crippen LogP contribution is -2.23. The van der Waals surface area contributed by atoms with Gasteiger partial charge in [-0.05, 0) is 12.1 Å². The Morgan fingerprint density at radius 2 is 2.04 bits per heavy atom. The summed E-state index contributed by atoms with van der Waals surface area (Å²) in [5.74, 6) is 0.740. The summed E-state index contributed by atoms with van der Waals surface area (Å²) < 4.78 is 10.2. The van der Waals surface area contributed by atoms with Crippen LogP contribution in [-0.2, 0) is 6.54 Å². The van der Waals surface area contributed by atoms with Crippen molar-refractivity contribution in [2.24, 2.45) is 0 Å². The van der Waals surface area contributed by atoms with Crippen LogP contribution < -0.4 is 10.1 Å². The summed E-state index contributed by atoms with van der Waals surface area (Å²) in [6.07, 6.45) is 1.56. The first-order valence-corrected chi connectivity index (χ1v) is 6.93. The van der Waals surface area contributed by atoms with E-state index in [-0.39, 0.29) is 18.3 Å². The fourth-order valence-corrected chi connectivity index (χ4v) is 2.01. The summed E-state index contributed by atoms with van der Waals surface area (Å²) in [6, 6.07) is 12.7. The van der Waals surface area contributed by atoms with E-state index in [0.29, 0.717) is 17.3 Å². The SMILES string of the molecule is COc1ncccc1C(=O)NCc1nc(-c2ccccc2)no1. The van der Waals surface area contributed by atoms with Crippen molar-refractivity contribution in [3.8, 4) is 17.3 Å². The van der Waals surface area contributed by atoms with Crippen LogP contribution in [0.4, 0.5) is 0 Å². The minimum Gasteiger partial charge on any atom is -0.480 e. The van der Waals surface area contributed by atoms with Crippen LogP contribution in [0.1, 0.15) is 16.2 Å². The monoisotopic (exact) mass is 310 g/mol. The summed E-state index contributed by atoms with van der Waals surface area (Å²) >= 11 is 0. The number of methoxy groups -OCH3 is 1. The van der Waals surface area contributed by atoms with Crippen LogP contribution in [0, 0.1) is 0 Å². The van der Waals surface area contributed by atoms with Gasteiger partial charge >= 0.3 is 0 Å². The number of benzene rings is 1. The highest BCUT2D eigenvalue weighted by atomic mass is 16.5. The van der Waals surface area contributed by atoms with Gasteiger partial charge in [0.1, 0.15) is 5.56 Å². The molecule has 0 radical (unpaired) electrons. The maximum absolute atomic E-state index is 12.2. The maximum Gasteiger partial charge on any atom is 0.257 e. The molecular weight excluding hydrogens is 296 g/mol. The predicted octanol–water partition coefficient (Wildman–Crippen LogP) is 2.07. The predicted molar refractivity (Wildman–Crippen MR) is 81.7 cm³/mol. The molecule has 0 bridgehead atoms. The molecule has 116 valence electrons. The number of hydrogen-bond donors (Lipinski definition) is 1. The lowest BCUT2D eigenvalue weighted by atomic mass is 10.2. The molecule has 7 heteroatoms. The number of nitrogens with one attached hydrogen (secondary N) is 1. The molecule has 0 spiro atoms. The molecule has 0 saturated carbocycles. The molecule has 1 amide bonds. The Morgan fingerprint density at radius 1 is 1.22 bits per heavy atom. The minimum absolute atomic E-state index is 0.122. The van der Waals surface area contributed by atoms with Crippen LogP contribution in [0.25, 0.3) is 11.4 Å². The third-order valence-corrected chi connectivity index (χ3v) is 3.11. The molecule has 3 aromatic rings. The van der Waals surface area contributed by atoms with Crippen molar-refractivity contribution in [2.75, 3.05) is 7.11 Å². The summed E-state index contributed by atoms with van der Waals surface area (Å²) in [6.45, 7) is 0.122. The van der Waals surface area contributed by atoms with E-state index in [1.54, 1.807) is 18.3 Å². The van der Waals surface area contributed by atoms with Gasteiger partial charge in [0.05, 0.1) is 13.7 Å². The smallest absolute Gasteiger partial charge is 0.257 e. The number of amides is 1. The zero-order valence-electron chi connectivity index (χ0n) is 12.4. The highest BCUT2D eigenvalue weighted by Gasteiger charge is 2.14. The standard InChI is InChI=1S/C16H14N4O3/c1-22-16-12(8-5-9-17-16)15(21)18-10-13-19-14(20-23-13)11-6-3-2-4-7-11/h2-9H,10H2,1H3,(H,18,21). The summed E-state index contributed by atoms with van der Waals surface area (Å²) in [5.41, 5.74) is 1.19. The molecular formula is C16H14N4O3. The molecule has 3 rings (SSSR count). The molecule has 0 unspecified atom stereocenters. The summed E-state index contributed by atoms with van der Waals surface area (Å²) in [5, 5.41) is 6.60. The topological polar surface area (TPSA) is 90.1 Å². The number of carbonyl (C=O) groups excluding carboxylic acids is 1. The van der Waals surface area contributed by atoms with E-state index in [0.717, 1.165) is 5.56 Å². The molecule has 1 aromatic carbocycles. The van der Waals surface area contributed by atoms with Crippen molar-refractivity contribution in [1.82, 2.24) is 20.4 Å². The first-order chi connectivity index (χ1) is 11.3. The van der Waals surface area contributed by atoms with E-state index < -0.39 is 0 Å². The molecule has 23 heavy (non-hydrogen) atoms. The Labute approximate surface area is 132 Å². The van der Waals surface area contributed by atoms with E-state index in [2.05, 4.69) is 20.4 Å². The molecule has 0 fully saturated rings. The van der Waals surface area contributed by atoms with Crippen LogP contribution >= 0.6 is 0 Å². The van der Waals surface area contributed by atoms with E-state index in [1.807, 2.05) is 30.3 Å². The first kappa shape index (κ1) is 14.7. The average Bonchev–Trinajstić information content (AvgIpc) is 3.09. The Bertz CT molecular complexity index is 802. The fraction of sp³-hybridized carbons (Fsp3) is 0.125. The molecule has 7 nitrogen and oxygen atoms in total. The van der Waals surface area contributed by atoms with Crippen LogP contribution in [0.5, 0.6) is 5.88 Å². The van der Waals surface area contributed by atoms with E-state index in [1.165, 1.54) is 7.11 Å². The second-order valence-electron chi connectivity index (χ2n) is 4.62. The van der Waals surface area contributed by atoms with Crippen LogP contribution in [0.15, 0.2) is 53.2 Å². The van der Waals surface area contributed by atoms with Gasteiger partial charge in [-0.1, -0.05) is 35.5 Å². The molecule has 2 aromatic heterocycles. The number of nitrogens with zero attached hydrogens (tertiary/aromatic N) is 3. The van der Waals surface area contributed by atoms with Crippen molar-refractivity contribution >= 4 is 5.91 Å². The Hall–Kier alpha value is -3.22. The maximum atomic E-state index is 12.2. The highest BCUT2D eigenvalue weighted by molar-refractivity contribution is 5.96. The van der Waals surface area contributed by atoms with Crippen LogP contribution in [0.2, 0.25) is 0 Å². The molecule has 0 aliphatic heterocycles. The van der Waals surface area contributed by atoms with Crippen molar-refractivity contribution in [2.45, 2.75) is 6.54 Å². The third kappa shape index (κ3) is 3.34. The van der Waals surface area contributed by atoms with Gasteiger partial charge in [-0.25, -0.2) is 4.98 Å². The van der Waals surface area contributed by atoms with Crippen molar-refractivity contribution < 1.29 is 14.1 Å². The highest BCUT2D eigenvalue weighted by Crippen LogP contribution is 2.15. The Morgan fingerprint density at radius 3 is 2.83 bits per heavy atom. The number of ether oxygens (including phenoxy) is 1. The fourth-order valence-electron chi connectivity index (χ4n) is 2.01. The first-order valence-electron chi connectivity index (χ1n) is 6.93. The number of rotatable bonds is 5. The van der Waals surface area contributed by atoms with Gasteiger partial charge in [-0.2, -0.15) is 4.98 Å². The van der Waals surface area contributed by atoms with Gasteiger partial charge in [0.25, 0.3) is 5.91 Å². The van der Waals surface area contributed by atoms with Crippen molar-refractivity contribution in [1.29, 1.82) is 0 Å². The van der Waals surface area contributed by atoms with Gasteiger partial charge in [0.2, 0.25) is 17.6 Å². The average molecular weight is 310 g/mol. The largest absolute Gasteiger partial charge is 0.480 e. The lowest BCUT2D eigenvalue weighted by Gasteiger charge is -2.06. The van der Waals surface area contributed by atoms with Crippen molar-refractivity contribution in [3.05, 3.63) is 60.1 Å². The molecule has 1 N–H and O–H groups in total. The Kier molecular flexibility index (Phi) is 4.28. The van der Waals surface area contributed by atoms with Gasteiger partial charge in [-0.15, -0.1) is 0 Å². The van der Waals surface area contributed by atoms with Crippen LogP contribution in [0.3, 0.4) is 0 Å². The summed E-state index contributed by atoms with van der Waals surface area (Å²) in [7, 11) is 1.46. The molecule has 0 atom stereocenters. The quantitative estimate of drug-likeness (QED) is 0.776. The second-order valence-corrected chi connectivity index (χ2v) is 4.62. The van der Waals surface area contributed by atoms with Gasteiger partial charge in [-0.3, -0.25) is 4.79 Å². The normalized spacial score (nSPS) is 10.3. The number of aromatic nitrogens is 3. The van der Waals surface area contributed by atoms with Gasteiger partial charge < -0.3 is 14.6 Å². The van der Waals surface area contributed by atoms with E-state index in [4.69, 9.17) is 9.26 Å². The number of carbonyl (C=O) groups is 1. The Balaban J connectivity index is 1.67. The molecule has 2 heterocycles. The lowest BCUT2D eigenvalue weighted by molar-refractivity contribution is 0.0942. The zero-order valence-corrected chi connectivity index (χ0v) is 12.4. The van der Waals surface area contributed by atoms with Gasteiger partial charge in [0.15, 0.2) is 0 Å². The molecule has 0 saturated heterocycles. The number of pyridine rings is 1. The van der Waals surface area contributed by atoms with Gasteiger partial charge in [0, 0.05) is 11.8 Å². The number of hydrogen-bond acceptors (Lipinski definition) is 6. The third-order valence-electron chi connectivity index (χ3n) is 3.11. The summed E-state index contributed by atoms with van der Waals surface area (Å²) in [4.78, 5) is 20.4. The zero-order chi connectivity index (χ0) is 16.1. The van der Waals surface area contributed by atoms with E-state index >= 15 is 0 Å². The molecule has 0 aliphatic rings. The van der Waals surface area contributed by atoms with Crippen molar-refractivity contribution in [3.63, 3.8) is 0 Å². The second kappa shape index (κ2) is 6.69. The van der Waals surface area contributed by atoms with E-state index in [9.17, 15) is 4.79 Å².